The van der Waals surface area contributed by atoms with E-state index >= 15 is 0 Å². The standard InChI is InChI=1S/C15H24N2O3/c1-3-4-12(9-10-18)11-16-15(19)17-13-5-7-14(20-2)8-6-13/h5-8,12,18H,3-4,9-11H2,1-2H3,(H2,16,17,19). The molecule has 0 heterocycles. The van der Waals surface area contributed by atoms with Crippen molar-refractivity contribution in [3.05, 3.63) is 24.3 Å². The van der Waals surface area contributed by atoms with Gasteiger partial charge in [-0.1, -0.05) is 13.3 Å². The number of methoxy groups -OCH3 is 1. The molecular formula is C15H24N2O3. The quantitative estimate of drug-likeness (QED) is 0.685. The number of rotatable bonds is 8. The molecule has 0 spiro atoms. The third-order valence-corrected chi connectivity index (χ3v) is 3.13. The molecule has 1 unspecified atom stereocenters. The summed E-state index contributed by atoms with van der Waals surface area (Å²) >= 11 is 0. The molecule has 20 heavy (non-hydrogen) atoms. The van der Waals surface area contributed by atoms with Crippen molar-refractivity contribution in [2.45, 2.75) is 26.2 Å². The molecule has 112 valence electrons. The van der Waals surface area contributed by atoms with Gasteiger partial charge in [-0.15, -0.1) is 0 Å². The molecule has 5 heteroatoms. The average Bonchev–Trinajstić information content (AvgIpc) is 2.46. The zero-order valence-corrected chi connectivity index (χ0v) is 12.2. The van der Waals surface area contributed by atoms with Crippen LogP contribution in [0.5, 0.6) is 5.75 Å². The topological polar surface area (TPSA) is 70.6 Å². The van der Waals surface area contributed by atoms with E-state index in [1.165, 1.54) is 0 Å². The maximum Gasteiger partial charge on any atom is 0.319 e. The average molecular weight is 280 g/mol. The van der Waals surface area contributed by atoms with E-state index in [1.807, 2.05) is 0 Å². The summed E-state index contributed by atoms with van der Waals surface area (Å²) < 4.78 is 5.05. The SMILES string of the molecule is CCCC(CCO)CNC(=O)Nc1ccc(OC)cc1. The molecule has 0 bridgehead atoms. The highest BCUT2D eigenvalue weighted by Crippen LogP contribution is 2.15. The Hall–Kier alpha value is -1.75. The van der Waals surface area contributed by atoms with Crippen LogP contribution in [0.25, 0.3) is 0 Å². The van der Waals surface area contributed by atoms with Gasteiger partial charge < -0.3 is 20.5 Å². The summed E-state index contributed by atoms with van der Waals surface area (Å²) in [5.41, 5.74) is 0.720. The van der Waals surface area contributed by atoms with Crippen LogP contribution < -0.4 is 15.4 Å². The van der Waals surface area contributed by atoms with Crippen molar-refractivity contribution in [1.29, 1.82) is 0 Å². The fourth-order valence-corrected chi connectivity index (χ4v) is 2.03. The van der Waals surface area contributed by atoms with E-state index in [-0.39, 0.29) is 12.6 Å². The Bertz CT molecular complexity index is 387. The van der Waals surface area contributed by atoms with Crippen LogP contribution in [0, 0.1) is 5.92 Å². The van der Waals surface area contributed by atoms with Crippen LogP contribution in [0.1, 0.15) is 26.2 Å². The van der Waals surface area contributed by atoms with Gasteiger partial charge in [-0.25, -0.2) is 4.79 Å². The van der Waals surface area contributed by atoms with E-state index in [1.54, 1.807) is 31.4 Å². The van der Waals surface area contributed by atoms with Crippen LogP contribution in [0.15, 0.2) is 24.3 Å². The van der Waals surface area contributed by atoms with E-state index in [0.717, 1.165) is 30.7 Å². The number of ether oxygens (including phenoxy) is 1. The number of carbonyl (C=O) groups excluding carboxylic acids is 1. The van der Waals surface area contributed by atoms with E-state index < -0.39 is 0 Å². The molecule has 3 N–H and O–H groups in total. The Morgan fingerprint density at radius 1 is 1.30 bits per heavy atom. The molecular weight excluding hydrogens is 256 g/mol. The Kier molecular flexibility index (Phi) is 7.50. The molecule has 1 aromatic carbocycles. The number of aliphatic hydroxyl groups is 1. The molecule has 1 atom stereocenters. The van der Waals surface area contributed by atoms with Crippen LogP contribution in [0.4, 0.5) is 10.5 Å². The Labute approximate surface area is 120 Å². The predicted octanol–water partition coefficient (Wildman–Crippen LogP) is 2.62. The minimum atomic E-state index is -0.228. The van der Waals surface area contributed by atoms with Crippen molar-refractivity contribution in [1.82, 2.24) is 5.32 Å². The van der Waals surface area contributed by atoms with Gasteiger partial charge in [-0.3, -0.25) is 0 Å². The first kappa shape index (κ1) is 16.3. The number of benzene rings is 1. The fourth-order valence-electron chi connectivity index (χ4n) is 2.03. The molecule has 0 aliphatic heterocycles. The van der Waals surface area contributed by atoms with E-state index in [2.05, 4.69) is 17.6 Å². The first-order valence-electron chi connectivity index (χ1n) is 6.99. The van der Waals surface area contributed by atoms with Crippen molar-refractivity contribution in [3.63, 3.8) is 0 Å². The fraction of sp³-hybridized carbons (Fsp3) is 0.533. The summed E-state index contributed by atoms with van der Waals surface area (Å²) in [6, 6.07) is 6.93. The monoisotopic (exact) mass is 280 g/mol. The van der Waals surface area contributed by atoms with Crippen LogP contribution in [-0.4, -0.2) is 31.4 Å². The summed E-state index contributed by atoms with van der Waals surface area (Å²) in [6.07, 6.45) is 2.77. The molecule has 0 saturated carbocycles. The highest BCUT2D eigenvalue weighted by atomic mass is 16.5. The van der Waals surface area contributed by atoms with Gasteiger partial charge in [-0.05, 0) is 43.0 Å². The van der Waals surface area contributed by atoms with Crippen LogP contribution >= 0.6 is 0 Å². The number of nitrogens with one attached hydrogen (secondary N) is 2. The minimum absolute atomic E-state index is 0.159. The maximum absolute atomic E-state index is 11.8. The minimum Gasteiger partial charge on any atom is -0.497 e. The highest BCUT2D eigenvalue weighted by Gasteiger charge is 2.09. The molecule has 5 nitrogen and oxygen atoms in total. The maximum atomic E-state index is 11.8. The third kappa shape index (κ3) is 5.93. The van der Waals surface area contributed by atoms with Crippen molar-refractivity contribution in [3.8, 4) is 5.75 Å². The summed E-state index contributed by atoms with van der Waals surface area (Å²) in [5.74, 6) is 1.08. The van der Waals surface area contributed by atoms with Crippen molar-refractivity contribution in [2.24, 2.45) is 5.92 Å². The van der Waals surface area contributed by atoms with Gasteiger partial charge >= 0.3 is 6.03 Å². The number of hydrogen-bond donors (Lipinski definition) is 3. The summed E-state index contributed by atoms with van der Waals surface area (Å²) in [5, 5.41) is 14.6. The zero-order chi connectivity index (χ0) is 14.8. The van der Waals surface area contributed by atoms with E-state index in [4.69, 9.17) is 9.84 Å². The smallest absolute Gasteiger partial charge is 0.319 e. The van der Waals surface area contributed by atoms with Crippen LogP contribution in [-0.2, 0) is 0 Å². The molecule has 2 amide bonds. The van der Waals surface area contributed by atoms with E-state index in [0.29, 0.717) is 12.5 Å². The lowest BCUT2D eigenvalue weighted by Gasteiger charge is -2.16. The molecule has 0 aliphatic carbocycles. The molecule has 1 aromatic rings. The zero-order valence-electron chi connectivity index (χ0n) is 12.2. The normalized spacial score (nSPS) is 11.8. The summed E-state index contributed by atoms with van der Waals surface area (Å²) in [6.45, 7) is 2.84. The summed E-state index contributed by atoms with van der Waals surface area (Å²) in [7, 11) is 1.60. The second kappa shape index (κ2) is 9.20. The molecule has 0 aliphatic rings. The number of anilines is 1. The molecule has 0 radical (unpaired) electrons. The number of carbonyl (C=O) groups is 1. The predicted molar refractivity (Wildman–Crippen MR) is 80.1 cm³/mol. The summed E-state index contributed by atoms with van der Waals surface area (Å²) in [4.78, 5) is 11.8. The van der Waals surface area contributed by atoms with Crippen molar-refractivity contribution >= 4 is 11.7 Å². The lowest BCUT2D eigenvalue weighted by Crippen LogP contribution is -2.33. The molecule has 0 aromatic heterocycles. The van der Waals surface area contributed by atoms with Crippen molar-refractivity contribution in [2.75, 3.05) is 25.6 Å². The van der Waals surface area contributed by atoms with Gasteiger partial charge in [-0.2, -0.15) is 0 Å². The van der Waals surface area contributed by atoms with Crippen molar-refractivity contribution < 1.29 is 14.6 Å². The van der Waals surface area contributed by atoms with Crippen LogP contribution in [0.2, 0.25) is 0 Å². The second-order valence-corrected chi connectivity index (χ2v) is 4.73. The van der Waals surface area contributed by atoms with Gasteiger partial charge in [0.15, 0.2) is 0 Å². The van der Waals surface area contributed by atoms with Gasteiger partial charge in [0, 0.05) is 18.8 Å². The Morgan fingerprint density at radius 2 is 2.00 bits per heavy atom. The Balaban J connectivity index is 2.38. The van der Waals surface area contributed by atoms with Gasteiger partial charge in [0.05, 0.1) is 7.11 Å². The number of amides is 2. The van der Waals surface area contributed by atoms with Gasteiger partial charge in [0.2, 0.25) is 0 Å². The molecule has 1 rings (SSSR count). The third-order valence-electron chi connectivity index (χ3n) is 3.13. The van der Waals surface area contributed by atoms with Gasteiger partial charge in [0.25, 0.3) is 0 Å². The lowest BCUT2D eigenvalue weighted by atomic mass is 10.0. The number of hydrogen-bond acceptors (Lipinski definition) is 3. The Morgan fingerprint density at radius 3 is 2.55 bits per heavy atom. The molecule has 0 saturated heterocycles. The van der Waals surface area contributed by atoms with Crippen LogP contribution in [0.3, 0.4) is 0 Å². The van der Waals surface area contributed by atoms with Gasteiger partial charge in [0.1, 0.15) is 5.75 Å². The largest absolute Gasteiger partial charge is 0.497 e. The first-order chi connectivity index (χ1) is 9.69. The molecule has 0 fully saturated rings. The number of aliphatic hydroxyl groups excluding tert-OH is 1. The lowest BCUT2D eigenvalue weighted by molar-refractivity contribution is 0.237. The first-order valence-corrected chi connectivity index (χ1v) is 6.99. The van der Waals surface area contributed by atoms with E-state index in [9.17, 15) is 4.79 Å². The second-order valence-electron chi connectivity index (χ2n) is 4.73. The highest BCUT2D eigenvalue weighted by molar-refractivity contribution is 5.89. The number of urea groups is 1.